The van der Waals surface area contributed by atoms with Gasteiger partial charge in [0.2, 0.25) is 0 Å². The Labute approximate surface area is 124 Å². The van der Waals surface area contributed by atoms with Crippen molar-refractivity contribution < 1.29 is 4.74 Å². The summed E-state index contributed by atoms with van der Waals surface area (Å²) >= 11 is 1.89. The second-order valence-electron chi connectivity index (χ2n) is 5.52. The number of thiophene rings is 1. The molecule has 20 heavy (non-hydrogen) atoms. The average molecular weight is 287 g/mol. The summed E-state index contributed by atoms with van der Waals surface area (Å²) in [6.07, 6.45) is 1.04. The van der Waals surface area contributed by atoms with Crippen molar-refractivity contribution in [1.29, 1.82) is 0 Å². The van der Waals surface area contributed by atoms with Crippen LogP contribution in [0.2, 0.25) is 0 Å². The van der Waals surface area contributed by atoms with Crippen molar-refractivity contribution in [2.24, 2.45) is 0 Å². The molecule has 0 amide bonds. The number of fused-ring (bicyclic) bond motifs is 1. The third-order valence-electron chi connectivity index (χ3n) is 4.01. The van der Waals surface area contributed by atoms with Crippen molar-refractivity contribution in [3.63, 3.8) is 0 Å². The highest BCUT2D eigenvalue weighted by Gasteiger charge is 2.14. The first-order valence-corrected chi connectivity index (χ1v) is 8.00. The Morgan fingerprint density at radius 3 is 2.90 bits per heavy atom. The molecule has 1 unspecified atom stereocenters. The first-order valence-electron chi connectivity index (χ1n) is 7.18. The number of hydrogen-bond acceptors (Lipinski definition) is 3. The van der Waals surface area contributed by atoms with Crippen LogP contribution < -0.4 is 10.1 Å². The van der Waals surface area contributed by atoms with Crippen LogP contribution >= 0.6 is 11.3 Å². The van der Waals surface area contributed by atoms with E-state index >= 15 is 0 Å². The number of rotatable bonds is 4. The first-order chi connectivity index (χ1) is 9.63. The van der Waals surface area contributed by atoms with Gasteiger partial charge in [-0.2, -0.15) is 0 Å². The third kappa shape index (κ3) is 2.74. The van der Waals surface area contributed by atoms with Gasteiger partial charge >= 0.3 is 0 Å². The van der Waals surface area contributed by atoms with E-state index in [2.05, 4.69) is 50.4 Å². The zero-order valence-corrected chi connectivity index (χ0v) is 13.1. The standard InChI is InChI=1S/C17H21NOS/c1-11-8-16(20-13(11)3)10-18-12(2)14-4-5-17-15(9-14)6-7-19-17/h4-5,8-9,12,18H,6-7,10H2,1-3H3. The molecule has 1 aromatic heterocycles. The fourth-order valence-electron chi connectivity index (χ4n) is 2.58. The van der Waals surface area contributed by atoms with Crippen LogP contribution in [0.5, 0.6) is 5.75 Å². The Bertz CT molecular complexity index is 598. The van der Waals surface area contributed by atoms with E-state index in [9.17, 15) is 0 Å². The Hall–Kier alpha value is -1.32. The van der Waals surface area contributed by atoms with E-state index in [1.165, 1.54) is 26.4 Å². The number of hydrogen-bond donors (Lipinski definition) is 1. The maximum absolute atomic E-state index is 5.56. The van der Waals surface area contributed by atoms with Gasteiger partial charge in [0.15, 0.2) is 0 Å². The molecule has 1 N–H and O–H groups in total. The van der Waals surface area contributed by atoms with Gasteiger partial charge in [-0.1, -0.05) is 12.1 Å². The quantitative estimate of drug-likeness (QED) is 0.912. The Kier molecular flexibility index (Phi) is 3.81. The van der Waals surface area contributed by atoms with E-state index in [1.807, 2.05) is 11.3 Å². The lowest BCUT2D eigenvalue weighted by Gasteiger charge is -2.14. The molecule has 0 radical (unpaired) electrons. The summed E-state index contributed by atoms with van der Waals surface area (Å²) < 4.78 is 5.56. The zero-order valence-electron chi connectivity index (χ0n) is 12.3. The highest BCUT2D eigenvalue weighted by Crippen LogP contribution is 2.28. The van der Waals surface area contributed by atoms with Gasteiger partial charge in [-0.15, -0.1) is 11.3 Å². The van der Waals surface area contributed by atoms with Crippen LogP contribution in [0, 0.1) is 13.8 Å². The van der Waals surface area contributed by atoms with E-state index < -0.39 is 0 Å². The topological polar surface area (TPSA) is 21.3 Å². The fraction of sp³-hybridized carbons (Fsp3) is 0.412. The van der Waals surface area contributed by atoms with E-state index in [1.54, 1.807) is 0 Å². The monoisotopic (exact) mass is 287 g/mol. The Morgan fingerprint density at radius 2 is 2.15 bits per heavy atom. The van der Waals surface area contributed by atoms with Gasteiger partial charge in [0.1, 0.15) is 5.75 Å². The van der Waals surface area contributed by atoms with Gasteiger partial charge < -0.3 is 10.1 Å². The van der Waals surface area contributed by atoms with Crippen LogP contribution in [0.4, 0.5) is 0 Å². The van der Waals surface area contributed by atoms with E-state index in [0.717, 1.165) is 25.3 Å². The highest BCUT2D eigenvalue weighted by molar-refractivity contribution is 7.12. The molecule has 2 aromatic rings. The minimum Gasteiger partial charge on any atom is -0.493 e. The van der Waals surface area contributed by atoms with Crippen LogP contribution in [-0.2, 0) is 13.0 Å². The maximum atomic E-state index is 5.56. The summed E-state index contributed by atoms with van der Waals surface area (Å²) in [7, 11) is 0. The highest BCUT2D eigenvalue weighted by atomic mass is 32.1. The molecule has 1 aromatic carbocycles. The molecular weight excluding hydrogens is 266 g/mol. The van der Waals surface area contributed by atoms with E-state index in [0.29, 0.717) is 6.04 Å². The van der Waals surface area contributed by atoms with Crippen molar-refractivity contribution >= 4 is 11.3 Å². The van der Waals surface area contributed by atoms with Gasteiger partial charge in [-0.3, -0.25) is 0 Å². The summed E-state index contributed by atoms with van der Waals surface area (Å²) in [5.74, 6) is 1.06. The molecule has 1 aliphatic rings. The second-order valence-corrected chi connectivity index (χ2v) is 6.86. The summed E-state index contributed by atoms with van der Waals surface area (Å²) in [5, 5.41) is 3.62. The molecule has 2 heterocycles. The lowest BCUT2D eigenvalue weighted by molar-refractivity contribution is 0.356. The number of aryl methyl sites for hydroxylation is 2. The Morgan fingerprint density at radius 1 is 1.30 bits per heavy atom. The smallest absolute Gasteiger partial charge is 0.122 e. The van der Waals surface area contributed by atoms with Gasteiger partial charge in [0.25, 0.3) is 0 Å². The molecule has 1 atom stereocenters. The van der Waals surface area contributed by atoms with Gasteiger partial charge in [0.05, 0.1) is 6.61 Å². The summed E-state index contributed by atoms with van der Waals surface area (Å²) in [4.78, 5) is 2.83. The van der Waals surface area contributed by atoms with Crippen molar-refractivity contribution in [2.45, 2.75) is 39.8 Å². The lowest BCUT2D eigenvalue weighted by Crippen LogP contribution is -2.17. The number of nitrogens with one attached hydrogen (secondary N) is 1. The molecule has 3 heteroatoms. The van der Waals surface area contributed by atoms with Crippen molar-refractivity contribution in [1.82, 2.24) is 5.32 Å². The molecule has 2 nitrogen and oxygen atoms in total. The fourth-order valence-corrected chi connectivity index (χ4v) is 3.59. The molecule has 1 aliphatic heterocycles. The molecule has 0 aliphatic carbocycles. The number of benzene rings is 1. The van der Waals surface area contributed by atoms with Crippen molar-refractivity contribution in [3.8, 4) is 5.75 Å². The van der Waals surface area contributed by atoms with Crippen molar-refractivity contribution in [3.05, 3.63) is 50.7 Å². The first kappa shape index (κ1) is 13.7. The summed E-state index contributed by atoms with van der Waals surface area (Å²) in [5.41, 5.74) is 4.09. The largest absolute Gasteiger partial charge is 0.493 e. The van der Waals surface area contributed by atoms with Crippen LogP contribution in [-0.4, -0.2) is 6.61 Å². The van der Waals surface area contributed by atoms with Gasteiger partial charge in [-0.05, 0) is 49.6 Å². The predicted octanol–water partition coefficient (Wildman–Crippen LogP) is 4.15. The molecule has 3 rings (SSSR count). The van der Waals surface area contributed by atoms with Gasteiger partial charge in [0, 0.05) is 28.8 Å². The van der Waals surface area contributed by atoms with E-state index in [-0.39, 0.29) is 0 Å². The minimum absolute atomic E-state index is 0.364. The molecule has 0 saturated heterocycles. The van der Waals surface area contributed by atoms with Crippen molar-refractivity contribution in [2.75, 3.05) is 6.61 Å². The van der Waals surface area contributed by atoms with Crippen LogP contribution in [0.15, 0.2) is 24.3 Å². The number of ether oxygens (including phenoxy) is 1. The molecular formula is C17H21NOS. The summed E-state index contributed by atoms with van der Waals surface area (Å²) in [6.45, 7) is 8.36. The minimum atomic E-state index is 0.364. The zero-order chi connectivity index (χ0) is 14.1. The van der Waals surface area contributed by atoms with Crippen LogP contribution in [0.1, 0.15) is 39.4 Å². The molecule has 0 spiro atoms. The normalized spacial score (nSPS) is 14.9. The summed E-state index contributed by atoms with van der Waals surface area (Å²) in [6, 6.07) is 9.21. The molecule has 0 fully saturated rings. The predicted molar refractivity (Wildman–Crippen MR) is 84.7 cm³/mol. The Balaban J connectivity index is 1.65. The second kappa shape index (κ2) is 5.58. The lowest BCUT2D eigenvalue weighted by atomic mass is 10.0. The molecule has 0 bridgehead atoms. The third-order valence-corrected chi connectivity index (χ3v) is 5.17. The van der Waals surface area contributed by atoms with Crippen LogP contribution in [0.25, 0.3) is 0 Å². The molecule has 106 valence electrons. The average Bonchev–Trinajstić information content (AvgIpc) is 3.02. The van der Waals surface area contributed by atoms with Gasteiger partial charge in [-0.25, -0.2) is 0 Å². The maximum Gasteiger partial charge on any atom is 0.122 e. The molecule has 0 saturated carbocycles. The van der Waals surface area contributed by atoms with E-state index in [4.69, 9.17) is 4.74 Å². The SMILES string of the molecule is Cc1cc(CNC(C)c2ccc3c(c2)CCO3)sc1C. The van der Waals surface area contributed by atoms with Crippen LogP contribution in [0.3, 0.4) is 0 Å².